The number of esters is 1. The van der Waals surface area contributed by atoms with Crippen molar-refractivity contribution in [3.8, 4) is 0 Å². The molecule has 0 aromatic heterocycles. The van der Waals surface area contributed by atoms with Crippen LogP contribution in [0.1, 0.15) is 25.3 Å². The summed E-state index contributed by atoms with van der Waals surface area (Å²) in [4.78, 5) is 41.4. The van der Waals surface area contributed by atoms with Crippen molar-refractivity contribution in [3.05, 3.63) is 54.1 Å². The van der Waals surface area contributed by atoms with Gasteiger partial charge in [0, 0.05) is 18.7 Å². The van der Waals surface area contributed by atoms with E-state index in [2.05, 4.69) is 9.71 Å². The van der Waals surface area contributed by atoms with Gasteiger partial charge in [0.05, 0.1) is 17.3 Å². The molecule has 0 bridgehead atoms. The van der Waals surface area contributed by atoms with E-state index in [-0.39, 0.29) is 23.9 Å². The fourth-order valence-corrected chi connectivity index (χ4v) is 5.88. The lowest BCUT2D eigenvalue weighted by Gasteiger charge is -2.34. The first kappa shape index (κ1) is 23.0. The number of amidine groups is 1. The Morgan fingerprint density at radius 2 is 1.89 bits per heavy atom. The number of benzene rings is 2. The van der Waals surface area contributed by atoms with Crippen molar-refractivity contribution >= 4 is 45.0 Å². The zero-order valence-corrected chi connectivity index (χ0v) is 19.8. The minimum absolute atomic E-state index is 0.157. The van der Waals surface area contributed by atoms with Crippen LogP contribution >= 0.6 is 0 Å². The summed E-state index contributed by atoms with van der Waals surface area (Å²) in [7, 11) is -3.77. The van der Waals surface area contributed by atoms with E-state index in [1.165, 1.54) is 17.9 Å². The lowest BCUT2D eigenvalue weighted by atomic mass is 9.97. The summed E-state index contributed by atoms with van der Waals surface area (Å²) in [6.45, 7) is 2.11. The molecule has 35 heavy (non-hydrogen) atoms. The predicted molar refractivity (Wildman–Crippen MR) is 127 cm³/mol. The van der Waals surface area contributed by atoms with Crippen molar-refractivity contribution < 1.29 is 27.5 Å². The number of sulfonamides is 1. The molecule has 2 atom stereocenters. The maximum atomic E-state index is 13.1. The topological polar surface area (TPSA) is 125 Å². The SMILES string of the molecule is C[C@H](OC(=O)[C@@H]1CCCN(C2=NS(=O)(=O)c3ccccc32)C1)C(=O)N1CC(=O)Nc2ccccc21. The monoisotopic (exact) mass is 496 g/mol. The standard InChI is InChI=1S/C24H24N4O6S/c1-15(23(30)28-14-21(29)25-18-9-3-4-10-19(18)28)34-24(31)16-7-6-12-27(13-16)22-17-8-2-5-11-20(17)35(32,33)26-22/h2-5,8-11,15-16H,6-7,12-14H2,1H3,(H,25,29)/t15-,16+/m0/s1. The molecule has 1 N–H and O–H groups in total. The van der Waals surface area contributed by atoms with Gasteiger partial charge < -0.3 is 15.0 Å². The molecule has 11 heteroatoms. The predicted octanol–water partition coefficient (Wildman–Crippen LogP) is 1.76. The van der Waals surface area contributed by atoms with Gasteiger partial charge in [-0.2, -0.15) is 8.42 Å². The third kappa shape index (κ3) is 4.27. The lowest BCUT2D eigenvalue weighted by molar-refractivity contribution is -0.159. The van der Waals surface area contributed by atoms with Gasteiger partial charge in [0.25, 0.3) is 15.9 Å². The van der Waals surface area contributed by atoms with Crippen molar-refractivity contribution in [3.63, 3.8) is 0 Å². The summed E-state index contributed by atoms with van der Waals surface area (Å²) in [5, 5.41) is 2.72. The third-order valence-corrected chi connectivity index (χ3v) is 7.67. The Morgan fingerprint density at radius 1 is 1.14 bits per heavy atom. The summed E-state index contributed by atoms with van der Waals surface area (Å²) in [5.41, 5.74) is 1.58. The van der Waals surface area contributed by atoms with Gasteiger partial charge in [0.1, 0.15) is 11.4 Å². The van der Waals surface area contributed by atoms with Gasteiger partial charge in [-0.05, 0) is 44.0 Å². The minimum Gasteiger partial charge on any atom is -0.452 e. The Labute approximate surface area is 202 Å². The molecule has 10 nitrogen and oxygen atoms in total. The molecular formula is C24H24N4O6S. The number of fused-ring (bicyclic) bond motifs is 2. The largest absolute Gasteiger partial charge is 0.452 e. The van der Waals surface area contributed by atoms with Gasteiger partial charge >= 0.3 is 5.97 Å². The summed E-state index contributed by atoms with van der Waals surface area (Å²) in [6.07, 6.45) is 0.0948. The van der Waals surface area contributed by atoms with Crippen molar-refractivity contribution in [2.24, 2.45) is 10.3 Å². The molecule has 2 amide bonds. The highest BCUT2D eigenvalue weighted by Crippen LogP contribution is 2.31. The molecule has 0 radical (unpaired) electrons. The molecule has 3 aliphatic rings. The molecule has 3 heterocycles. The van der Waals surface area contributed by atoms with E-state index in [0.29, 0.717) is 42.2 Å². The average Bonchev–Trinajstić information content (AvgIpc) is 3.14. The molecule has 0 saturated carbocycles. The normalized spacial score (nSPS) is 21.3. The molecule has 2 aromatic carbocycles. The van der Waals surface area contributed by atoms with Gasteiger partial charge in [-0.3, -0.25) is 19.3 Å². The highest BCUT2D eigenvalue weighted by atomic mass is 32.2. The first-order chi connectivity index (χ1) is 16.7. The quantitative estimate of drug-likeness (QED) is 0.642. The first-order valence-electron chi connectivity index (χ1n) is 11.3. The third-order valence-electron chi connectivity index (χ3n) is 6.34. The van der Waals surface area contributed by atoms with E-state index in [9.17, 15) is 22.8 Å². The van der Waals surface area contributed by atoms with Crippen molar-refractivity contribution in [2.45, 2.75) is 30.8 Å². The number of para-hydroxylation sites is 2. The minimum atomic E-state index is -3.77. The van der Waals surface area contributed by atoms with E-state index in [0.717, 1.165) is 0 Å². The average molecular weight is 497 g/mol. The fraction of sp³-hybridized carbons (Fsp3) is 0.333. The Bertz CT molecular complexity index is 1360. The molecule has 0 unspecified atom stereocenters. The van der Waals surface area contributed by atoms with E-state index < -0.39 is 33.9 Å². The second-order valence-corrected chi connectivity index (χ2v) is 10.3. The summed E-state index contributed by atoms with van der Waals surface area (Å²) < 4.78 is 34.3. The molecule has 1 saturated heterocycles. The van der Waals surface area contributed by atoms with Crippen LogP contribution in [0.2, 0.25) is 0 Å². The molecule has 5 rings (SSSR count). The second kappa shape index (κ2) is 8.81. The van der Waals surface area contributed by atoms with Gasteiger partial charge in [0.15, 0.2) is 11.9 Å². The number of hydrogen-bond donors (Lipinski definition) is 1. The zero-order valence-electron chi connectivity index (χ0n) is 19.0. The number of hydrogen-bond acceptors (Lipinski definition) is 7. The number of amides is 2. The number of nitrogens with zero attached hydrogens (tertiary/aromatic N) is 3. The van der Waals surface area contributed by atoms with Crippen LogP contribution in [0.25, 0.3) is 0 Å². The molecule has 1 fully saturated rings. The molecule has 3 aliphatic heterocycles. The highest BCUT2D eigenvalue weighted by molar-refractivity contribution is 7.90. The van der Waals surface area contributed by atoms with Crippen LogP contribution in [0, 0.1) is 5.92 Å². The van der Waals surface area contributed by atoms with Crippen LogP contribution in [-0.4, -0.2) is 62.7 Å². The van der Waals surface area contributed by atoms with E-state index in [1.807, 2.05) is 0 Å². The zero-order chi connectivity index (χ0) is 24.7. The number of anilines is 2. The van der Waals surface area contributed by atoms with Crippen LogP contribution < -0.4 is 10.2 Å². The van der Waals surface area contributed by atoms with E-state index >= 15 is 0 Å². The van der Waals surface area contributed by atoms with Gasteiger partial charge in [-0.25, -0.2) is 0 Å². The Hall–Kier alpha value is -3.73. The Kier molecular flexibility index (Phi) is 5.79. The van der Waals surface area contributed by atoms with Gasteiger partial charge in [0.2, 0.25) is 5.91 Å². The maximum Gasteiger partial charge on any atom is 0.311 e. The second-order valence-electron chi connectivity index (χ2n) is 8.74. The number of likely N-dealkylation sites (tertiary alicyclic amines) is 1. The number of nitrogens with one attached hydrogen (secondary N) is 1. The highest BCUT2D eigenvalue weighted by Gasteiger charge is 2.37. The first-order valence-corrected chi connectivity index (χ1v) is 12.8. The Balaban J connectivity index is 1.28. The number of ether oxygens (including phenoxy) is 1. The van der Waals surface area contributed by atoms with E-state index in [1.54, 1.807) is 47.4 Å². The van der Waals surface area contributed by atoms with Gasteiger partial charge in [-0.15, -0.1) is 4.40 Å². The molecule has 182 valence electrons. The lowest BCUT2D eigenvalue weighted by Crippen LogP contribution is -2.48. The smallest absolute Gasteiger partial charge is 0.311 e. The van der Waals surface area contributed by atoms with Crippen LogP contribution in [0.5, 0.6) is 0 Å². The van der Waals surface area contributed by atoms with Crippen molar-refractivity contribution in [1.82, 2.24) is 4.90 Å². The summed E-state index contributed by atoms with van der Waals surface area (Å²) >= 11 is 0. The number of carbonyl (C=O) groups excluding carboxylic acids is 3. The number of rotatable bonds is 3. The number of carbonyl (C=O) groups is 3. The maximum absolute atomic E-state index is 13.1. The van der Waals surface area contributed by atoms with Crippen molar-refractivity contribution in [2.75, 3.05) is 29.9 Å². The molecular weight excluding hydrogens is 472 g/mol. The van der Waals surface area contributed by atoms with Crippen molar-refractivity contribution in [1.29, 1.82) is 0 Å². The summed E-state index contributed by atoms with van der Waals surface area (Å²) in [5.74, 6) is -1.58. The molecule has 0 aliphatic carbocycles. The van der Waals surface area contributed by atoms with E-state index in [4.69, 9.17) is 4.74 Å². The van der Waals surface area contributed by atoms with Crippen LogP contribution in [0.4, 0.5) is 11.4 Å². The number of piperidine rings is 1. The molecule has 0 spiro atoms. The Morgan fingerprint density at radius 3 is 2.71 bits per heavy atom. The van der Waals surface area contributed by atoms with Crippen LogP contribution in [0.3, 0.4) is 0 Å². The van der Waals surface area contributed by atoms with Gasteiger partial charge in [-0.1, -0.05) is 24.3 Å². The summed E-state index contributed by atoms with van der Waals surface area (Å²) in [6, 6.07) is 13.5. The fourth-order valence-electron chi connectivity index (χ4n) is 4.65. The van der Waals surface area contributed by atoms with Crippen LogP contribution in [-0.2, 0) is 29.1 Å². The van der Waals surface area contributed by atoms with Crippen LogP contribution in [0.15, 0.2) is 57.8 Å². The molecule has 2 aromatic rings.